The van der Waals surface area contributed by atoms with Crippen molar-refractivity contribution >= 4 is 11.8 Å². The van der Waals surface area contributed by atoms with Crippen molar-refractivity contribution in [3.05, 3.63) is 0 Å². The average molecular weight is 253 g/mol. The minimum atomic E-state index is -0.106. The quantitative estimate of drug-likeness (QED) is 0.738. The van der Waals surface area contributed by atoms with Crippen molar-refractivity contribution in [2.75, 3.05) is 20.1 Å². The molecule has 0 aromatic carbocycles. The molecule has 2 amide bonds. The Bertz CT molecular complexity index is 343. The fraction of sp³-hybridized carbons (Fsp3) is 0.846. The molecule has 2 rings (SSSR count). The second kappa shape index (κ2) is 5.26. The van der Waals surface area contributed by atoms with E-state index in [1.54, 1.807) is 7.05 Å². The van der Waals surface area contributed by atoms with Crippen LogP contribution in [0, 0.1) is 17.8 Å². The number of fused-ring (bicyclic) bond motifs is 2. The van der Waals surface area contributed by atoms with Crippen molar-refractivity contribution in [3.63, 3.8) is 0 Å². The molecule has 5 nitrogen and oxygen atoms in total. The SMILES string of the molecule is CCNC(=O)CN(C)C(=O)C1C2CCC(C2)C1N. The molecule has 4 atom stereocenters. The van der Waals surface area contributed by atoms with E-state index in [-0.39, 0.29) is 30.3 Å². The van der Waals surface area contributed by atoms with Gasteiger partial charge in [-0.3, -0.25) is 9.59 Å². The maximum absolute atomic E-state index is 12.4. The topological polar surface area (TPSA) is 75.4 Å². The average Bonchev–Trinajstić information content (AvgIpc) is 2.88. The Balaban J connectivity index is 1.93. The summed E-state index contributed by atoms with van der Waals surface area (Å²) in [5, 5.41) is 2.70. The van der Waals surface area contributed by atoms with E-state index in [0.29, 0.717) is 18.4 Å². The van der Waals surface area contributed by atoms with Crippen molar-refractivity contribution in [2.24, 2.45) is 23.5 Å². The fourth-order valence-corrected chi connectivity index (χ4v) is 3.50. The lowest BCUT2D eigenvalue weighted by Crippen LogP contribution is -2.48. The van der Waals surface area contributed by atoms with E-state index in [1.165, 1.54) is 4.90 Å². The number of hydrogen-bond acceptors (Lipinski definition) is 3. The molecule has 18 heavy (non-hydrogen) atoms. The Morgan fingerprint density at radius 1 is 1.33 bits per heavy atom. The second-order valence-corrected chi connectivity index (χ2v) is 5.58. The predicted molar refractivity (Wildman–Crippen MR) is 68.6 cm³/mol. The van der Waals surface area contributed by atoms with Gasteiger partial charge < -0.3 is 16.0 Å². The van der Waals surface area contributed by atoms with Gasteiger partial charge >= 0.3 is 0 Å². The van der Waals surface area contributed by atoms with Gasteiger partial charge in [-0.2, -0.15) is 0 Å². The minimum absolute atomic E-state index is 0.00654. The molecular formula is C13H23N3O2. The predicted octanol–water partition coefficient (Wildman–Crippen LogP) is -0.0457. The molecule has 5 heteroatoms. The zero-order chi connectivity index (χ0) is 13.3. The molecule has 2 aliphatic carbocycles. The standard InChI is InChI=1S/C13H23N3O2/c1-3-15-10(17)7-16(2)13(18)11-8-4-5-9(6-8)12(11)14/h8-9,11-12H,3-7,14H2,1-2H3,(H,15,17). The third-order valence-corrected chi connectivity index (χ3v) is 4.40. The van der Waals surface area contributed by atoms with Gasteiger partial charge in [0.25, 0.3) is 0 Å². The molecule has 2 aliphatic rings. The second-order valence-electron chi connectivity index (χ2n) is 5.58. The first-order valence-corrected chi connectivity index (χ1v) is 6.81. The summed E-state index contributed by atoms with van der Waals surface area (Å²) in [6.45, 7) is 2.59. The van der Waals surface area contributed by atoms with Crippen LogP contribution in [0.15, 0.2) is 0 Å². The van der Waals surface area contributed by atoms with Crippen LogP contribution in [0.2, 0.25) is 0 Å². The number of nitrogens with two attached hydrogens (primary N) is 1. The van der Waals surface area contributed by atoms with Gasteiger partial charge in [-0.1, -0.05) is 0 Å². The number of carbonyl (C=O) groups excluding carboxylic acids is 2. The number of nitrogens with one attached hydrogen (secondary N) is 1. The number of hydrogen-bond donors (Lipinski definition) is 2. The first kappa shape index (κ1) is 13.3. The molecule has 2 fully saturated rings. The van der Waals surface area contributed by atoms with Gasteiger partial charge in [-0.15, -0.1) is 0 Å². The normalized spacial score (nSPS) is 33.5. The first-order valence-electron chi connectivity index (χ1n) is 6.81. The van der Waals surface area contributed by atoms with Crippen molar-refractivity contribution in [2.45, 2.75) is 32.2 Å². The molecular weight excluding hydrogens is 230 g/mol. The first-order chi connectivity index (χ1) is 8.54. The van der Waals surface area contributed by atoms with Crippen LogP contribution in [0.4, 0.5) is 0 Å². The Morgan fingerprint density at radius 2 is 2.00 bits per heavy atom. The lowest BCUT2D eigenvalue weighted by Gasteiger charge is -2.30. The number of likely N-dealkylation sites (N-methyl/N-ethyl adjacent to an activating group) is 2. The highest BCUT2D eigenvalue weighted by Crippen LogP contribution is 2.48. The van der Waals surface area contributed by atoms with Crippen molar-refractivity contribution < 1.29 is 9.59 Å². The van der Waals surface area contributed by atoms with Crippen LogP contribution in [0.25, 0.3) is 0 Å². The summed E-state index contributed by atoms with van der Waals surface area (Å²) in [6, 6.07) is -0.00654. The summed E-state index contributed by atoms with van der Waals surface area (Å²) in [7, 11) is 1.69. The number of amides is 2. The number of nitrogens with zero attached hydrogens (tertiary/aromatic N) is 1. The van der Waals surface area contributed by atoms with Crippen molar-refractivity contribution in [3.8, 4) is 0 Å². The van der Waals surface area contributed by atoms with E-state index in [2.05, 4.69) is 5.32 Å². The minimum Gasteiger partial charge on any atom is -0.355 e. The largest absolute Gasteiger partial charge is 0.355 e. The van der Waals surface area contributed by atoms with E-state index in [0.717, 1.165) is 19.3 Å². The van der Waals surface area contributed by atoms with Gasteiger partial charge in [0.05, 0.1) is 12.5 Å². The van der Waals surface area contributed by atoms with Gasteiger partial charge in [0.1, 0.15) is 0 Å². The Morgan fingerprint density at radius 3 is 2.56 bits per heavy atom. The lowest BCUT2D eigenvalue weighted by molar-refractivity contribution is -0.139. The third-order valence-electron chi connectivity index (χ3n) is 4.40. The molecule has 4 unspecified atom stereocenters. The molecule has 3 N–H and O–H groups in total. The monoisotopic (exact) mass is 253 g/mol. The molecule has 0 aliphatic heterocycles. The highest BCUT2D eigenvalue weighted by atomic mass is 16.2. The number of rotatable bonds is 4. The van der Waals surface area contributed by atoms with E-state index in [1.807, 2.05) is 6.92 Å². The molecule has 0 aromatic heterocycles. The Kier molecular flexibility index (Phi) is 3.90. The van der Waals surface area contributed by atoms with Crippen LogP contribution >= 0.6 is 0 Å². The van der Waals surface area contributed by atoms with E-state index in [4.69, 9.17) is 5.73 Å². The van der Waals surface area contributed by atoms with Gasteiger partial charge in [-0.05, 0) is 38.0 Å². The van der Waals surface area contributed by atoms with Crippen LogP contribution in [0.1, 0.15) is 26.2 Å². The molecule has 2 saturated carbocycles. The molecule has 0 saturated heterocycles. The van der Waals surface area contributed by atoms with Crippen LogP contribution in [0.5, 0.6) is 0 Å². The van der Waals surface area contributed by atoms with E-state index in [9.17, 15) is 9.59 Å². The lowest BCUT2D eigenvalue weighted by atomic mass is 9.84. The zero-order valence-electron chi connectivity index (χ0n) is 11.2. The van der Waals surface area contributed by atoms with Crippen molar-refractivity contribution in [1.82, 2.24) is 10.2 Å². The van der Waals surface area contributed by atoms with Crippen LogP contribution < -0.4 is 11.1 Å². The maximum atomic E-state index is 12.4. The summed E-state index contributed by atoms with van der Waals surface area (Å²) >= 11 is 0. The fourth-order valence-electron chi connectivity index (χ4n) is 3.50. The van der Waals surface area contributed by atoms with Crippen LogP contribution in [-0.2, 0) is 9.59 Å². The molecule has 0 radical (unpaired) electrons. The van der Waals surface area contributed by atoms with Gasteiger partial charge in [-0.25, -0.2) is 0 Å². The van der Waals surface area contributed by atoms with Crippen LogP contribution in [-0.4, -0.2) is 42.9 Å². The summed E-state index contributed by atoms with van der Waals surface area (Å²) in [4.78, 5) is 25.4. The Labute approximate surface area is 108 Å². The smallest absolute Gasteiger partial charge is 0.239 e. The molecule has 102 valence electrons. The highest BCUT2D eigenvalue weighted by molar-refractivity contribution is 5.86. The summed E-state index contributed by atoms with van der Waals surface area (Å²) < 4.78 is 0. The molecule has 0 aromatic rings. The van der Waals surface area contributed by atoms with Gasteiger partial charge in [0.2, 0.25) is 11.8 Å². The van der Waals surface area contributed by atoms with E-state index < -0.39 is 0 Å². The summed E-state index contributed by atoms with van der Waals surface area (Å²) in [5.74, 6) is 0.824. The van der Waals surface area contributed by atoms with Crippen LogP contribution in [0.3, 0.4) is 0 Å². The van der Waals surface area contributed by atoms with E-state index >= 15 is 0 Å². The third kappa shape index (κ3) is 2.36. The summed E-state index contributed by atoms with van der Waals surface area (Å²) in [5.41, 5.74) is 6.14. The summed E-state index contributed by atoms with van der Waals surface area (Å²) in [6.07, 6.45) is 3.37. The number of carbonyl (C=O) groups is 2. The Hall–Kier alpha value is -1.10. The molecule has 0 heterocycles. The zero-order valence-corrected chi connectivity index (χ0v) is 11.2. The maximum Gasteiger partial charge on any atom is 0.239 e. The van der Waals surface area contributed by atoms with Crippen molar-refractivity contribution in [1.29, 1.82) is 0 Å². The highest BCUT2D eigenvalue weighted by Gasteiger charge is 2.49. The molecule has 0 spiro atoms. The van der Waals surface area contributed by atoms with Gasteiger partial charge in [0.15, 0.2) is 0 Å². The van der Waals surface area contributed by atoms with Gasteiger partial charge in [0, 0.05) is 19.6 Å². The molecule has 2 bridgehead atoms.